The van der Waals surface area contributed by atoms with Gasteiger partial charge in [-0.05, 0) is 37.3 Å². The lowest BCUT2D eigenvalue weighted by Crippen LogP contribution is -2.44. The molecule has 6 nitrogen and oxygen atoms in total. The van der Waals surface area contributed by atoms with Crippen molar-refractivity contribution in [1.29, 1.82) is 0 Å². The van der Waals surface area contributed by atoms with Crippen LogP contribution in [0.15, 0.2) is 52.6 Å². The standard InChI is InChI=1S/C20H18F7N5O/c1-12(17(30-11-28)31-16-4-2-3-6-29-16)32(7-5-21)18(33)13-8-14(19(22,23)24)10-15(9-13)20(25,26)27/h2-4,6,8-12H,5,7H2,1H3,(H2,28,29,30,31). The van der Waals surface area contributed by atoms with Crippen molar-refractivity contribution in [2.75, 3.05) is 13.2 Å². The maximum absolute atomic E-state index is 13.2. The highest BCUT2D eigenvalue weighted by Crippen LogP contribution is 2.36. The lowest BCUT2D eigenvalue weighted by atomic mass is 10.0. The van der Waals surface area contributed by atoms with E-state index in [1.54, 1.807) is 12.1 Å². The van der Waals surface area contributed by atoms with Crippen LogP contribution in [0.2, 0.25) is 0 Å². The van der Waals surface area contributed by atoms with Gasteiger partial charge in [0, 0.05) is 11.8 Å². The monoisotopic (exact) mass is 477 g/mol. The highest BCUT2D eigenvalue weighted by molar-refractivity contribution is 6.01. The third kappa shape index (κ3) is 6.73. The predicted molar refractivity (Wildman–Crippen MR) is 107 cm³/mol. The van der Waals surface area contributed by atoms with Gasteiger partial charge in [0.2, 0.25) is 0 Å². The summed E-state index contributed by atoms with van der Waals surface area (Å²) in [5.74, 6) is -1.31. The van der Waals surface area contributed by atoms with Crippen LogP contribution < -0.4 is 5.73 Å². The average Bonchev–Trinajstić information content (AvgIpc) is 2.75. The molecule has 1 amide bonds. The number of hydrogen-bond donors (Lipinski definition) is 1. The molecule has 2 aromatic rings. The zero-order valence-electron chi connectivity index (χ0n) is 17.0. The Morgan fingerprint density at radius 1 is 1.12 bits per heavy atom. The van der Waals surface area contributed by atoms with Crippen molar-refractivity contribution in [3.63, 3.8) is 0 Å². The van der Waals surface area contributed by atoms with Gasteiger partial charge in [-0.1, -0.05) is 6.07 Å². The molecule has 1 aromatic heterocycles. The van der Waals surface area contributed by atoms with Gasteiger partial charge in [-0.15, -0.1) is 0 Å². The number of aromatic nitrogens is 1. The number of benzene rings is 1. The second kappa shape index (κ2) is 10.4. The topological polar surface area (TPSA) is 83.9 Å². The van der Waals surface area contributed by atoms with E-state index < -0.39 is 54.2 Å². The average molecular weight is 477 g/mol. The van der Waals surface area contributed by atoms with Crippen LogP contribution in [0.1, 0.15) is 28.4 Å². The van der Waals surface area contributed by atoms with Crippen LogP contribution in [0.3, 0.4) is 0 Å². The molecule has 2 rings (SSSR count). The van der Waals surface area contributed by atoms with Crippen molar-refractivity contribution in [2.24, 2.45) is 15.7 Å². The van der Waals surface area contributed by atoms with E-state index in [1.165, 1.54) is 19.2 Å². The van der Waals surface area contributed by atoms with E-state index in [-0.39, 0.29) is 29.9 Å². The maximum Gasteiger partial charge on any atom is 0.416 e. The summed E-state index contributed by atoms with van der Waals surface area (Å²) in [6.07, 6.45) is -8.08. The number of rotatable bonds is 6. The molecule has 1 unspecified atom stereocenters. The largest absolute Gasteiger partial charge is 0.416 e. The first-order valence-corrected chi connectivity index (χ1v) is 9.28. The number of carbonyl (C=O) groups is 1. The van der Waals surface area contributed by atoms with Crippen LogP contribution in [0.5, 0.6) is 0 Å². The molecule has 0 aliphatic heterocycles. The van der Waals surface area contributed by atoms with E-state index in [4.69, 9.17) is 5.73 Å². The van der Waals surface area contributed by atoms with Crippen LogP contribution in [0.25, 0.3) is 0 Å². The lowest BCUT2D eigenvalue weighted by molar-refractivity contribution is -0.143. The Balaban J connectivity index is 2.56. The molecule has 1 aromatic carbocycles. The fourth-order valence-electron chi connectivity index (χ4n) is 2.79. The molecule has 0 aliphatic carbocycles. The molecule has 1 atom stereocenters. The van der Waals surface area contributed by atoms with Gasteiger partial charge in [0.1, 0.15) is 6.67 Å². The minimum Gasteiger partial charge on any atom is -0.390 e. The van der Waals surface area contributed by atoms with Gasteiger partial charge >= 0.3 is 12.4 Å². The summed E-state index contributed by atoms with van der Waals surface area (Å²) < 4.78 is 92.2. The molecule has 0 bridgehead atoms. The van der Waals surface area contributed by atoms with Crippen molar-refractivity contribution in [3.8, 4) is 0 Å². The van der Waals surface area contributed by atoms with Crippen LogP contribution in [0.4, 0.5) is 36.6 Å². The zero-order chi connectivity index (χ0) is 24.8. The van der Waals surface area contributed by atoms with Crippen LogP contribution in [-0.2, 0) is 12.4 Å². The third-order valence-corrected chi connectivity index (χ3v) is 4.35. The first kappa shape index (κ1) is 25.7. The molecule has 178 valence electrons. The molecule has 13 heteroatoms. The summed E-state index contributed by atoms with van der Waals surface area (Å²) in [5.41, 5.74) is 1.03. The molecule has 33 heavy (non-hydrogen) atoms. The first-order chi connectivity index (χ1) is 15.4. The number of nitrogens with zero attached hydrogens (tertiary/aromatic N) is 4. The number of nitrogens with two attached hydrogens (primary N) is 1. The minimum absolute atomic E-state index is 0.105. The number of pyridine rings is 1. The van der Waals surface area contributed by atoms with Crippen molar-refractivity contribution >= 4 is 23.9 Å². The summed E-state index contributed by atoms with van der Waals surface area (Å²) in [6.45, 7) is -0.468. The Kier molecular flexibility index (Phi) is 8.12. The molecule has 0 saturated carbocycles. The van der Waals surface area contributed by atoms with E-state index in [2.05, 4.69) is 15.0 Å². The SMILES string of the molecule is CC(C(N=CN)=Nc1ccccn1)N(CCF)C(=O)c1cc(C(F)(F)F)cc(C(F)(F)F)c1. The second-order valence-corrected chi connectivity index (χ2v) is 6.59. The van der Waals surface area contributed by atoms with Gasteiger partial charge < -0.3 is 10.6 Å². The molecule has 0 fully saturated rings. The number of hydrogen-bond acceptors (Lipinski definition) is 3. The molecule has 1 heterocycles. The molecular weight excluding hydrogens is 459 g/mol. The summed E-state index contributed by atoms with van der Waals surface area (Å²) in [6, 6.07) is 3.92. The highest BCUT2D eigenvalue weighted by atomic mass is 19.4. The first-order valence-electron chi connectivity index (χ1n) is 9.28. The second-order valence-electron chi connectivity index (χ2n) is 6.59. The number of alkyl halides is 7. The van der Waals surface area contributed by atoms with Crippen LogP contribution in [-0.4, -0.2) is 47.2 Å². The zero-order valence-corrected chi connectivity index (χ0v) is 17.0. The number of halogens is 7. The fourth-order valence-corrected chi connectivity index (χ4v) is 2.79. The third-order valence-electron chi connectivity index (χ3n) is 4.35. The van der Waals surface area contributed by atoms with Gasteiger partial charge in [-0.3, -0.25) is 4.79 Å². The quantitative estimate of drug-likeness (QED) is 0.374. The minimum atomic E-state index is -5.15. The molecule has 0 radical (unpaired) electrons. The Morgan fingerprint density at radius 2 is 1.73 bits per heavy atom. The number of amides is 1. The lowest BCUT2D eigenvalue weighted by Gasteiger charge is -2.28. The summed E-state index contributed by atoms with van der Waals surface area (Å²) in [7, 11) is 0. The van der Waals surface area contributed by atoms with E-state index in [9.17, 15) is 35.5 Å². The van der Waals surface area contributed by atoms with Gasteiger partial charge in [0.25, 0.3) is 5.91 Å². The smallest absolute Gasteiger partial charge is 0.390 e. The Hall–Kier alpha value is -3.51. The van der Waals surface area contributed by atoms with Gasteiger partial charge in [-0.2, -0.15) is 26.3 Å². The van der Waals surface area contributed by atoms with Crippen molar-refractivity contribution in [3.05, 3.63) is 59.3 Å². The summed E-state index contributed by atoms with van der Waals surface area (Å²) in [5, 5.41) is 0. The molecule has 2 N–H and O–H groups in total. The van der Waals surface area contributed by atoms with Gasteiger partial charge in [0.05, 0.1) is 30.1 Å². The number of carbonyl (C=O) groups excluding carboxylic acids is 1. The number of aliphatic imine (C=N–C) groups is 2. The summed E-state index contributed by atoms with van der Waals surface area (Å²) >= 11 is 0. The van der Waals surface area contributed by atoms with Gasteiger partial charge in [-0.25, -0.2) is 19.4 Å². The molecular formula is C20H18F7N5O. The Bertz CT molecular complexity index is 987. The summed E-state index contributed by atoms with van der Waals surface area (Å²) in [4.78, 5) is 25.5. The normalized spacial score (nSPS) is 13.9. The van der Waals surface area contributed by atoms with E-state index in [0.29, 0.717) is 4.90 Å². The fraction of sp³-hybridized carbons (Fsp3) is 0.300. The van der Waals surface area contributed by atoms with E-state index >= 15 is 0 Å². The van der Waals surface area contributed by atoms with Crippen LogP contribution >= 0.6 is 0 Å². The van der Waals surface area contributed by atoms with E-state index in [0.717, 1.165) is 6.34 Å². The van der Waals surface area contributed by atoms with Gasteiger partial charge in [0.15, 0.2) is 11.7 Å². The van der Waals surface area contributed by atoms with Crippen molar-refractivity contribution < 1.29 is 35.5 Å². The van der Waals surface area contributed by atoms with E-state index in [1.807, 2.05) is 0 Å². The van der Waals surface area contributed by atoms with Crippen molar-refractivity contribution in [2.45, 2.75) is 25.3 Å². The molecule has 0 spiro atoms. The van der Waals surface area contributed by atoms with Crippen molar-refractivity contribution in [1.82, 2.24) is 9.88 Å². The molecule has 0 saturated heterocycles. The highest BCUT2D eigenvalue weighted by Gasteiger charge is 2.38. The molecule has 0 aliphatic rings. The Morgan fingerprint density at radius 3 is 2.18 bits per heavy atom. The predicted octanol–water partition coefficient (Wildman–Crippen LogP) is 4.64. The number of amidine groups is 1. The Labute approximate surface area is 183 Å². The maximum atomic E-state index is 13.2. The van der Waals surface area contributed by atoms with Crippen LogP contribution in [0, 0.1) is 0 Å².